The summed E-state index contributed by atoms with van der Waals surface area (Å²) in [5, 5.41) is 14.7. The van der Waals surface area contributed by atoms with Crippen LogP contribution in [0.3, 0.4) is 0 Å². The number of carbonyl (C=O) groups is 1. The molecule has 0 saturated carbocycles. The first kappa shape index (κ1) is 16.4. The lowest BCUT2D eigenvalue weighted by Crippen LogP contribution is -2.29. The molecule has 0 aliphatic carbocycles. The topological polar surface area (TPSA) is 49.3 Å². The van der Waals surface area contributed by atoms with Gasteiger partial charge in [-0.3, -0.25) is 4.79 Å². The van der Waals surface area contributed by atoms with Gasteiger partial charge < -0.3 is 10.4 Å². The second-order valence-corrected chi connectivity index (χ2v) is 6.55. The minimum atomic E-state index is -0.644. The highest BCUT2D eigenvalue weighted by molar-refractivity contribution is 7.10. The van der Waals surface area contributed by atoms with Gasteiger partial charge in [-0.1, -0.05) is 60.7 Å². The van der Waals surface area contributed by atoms with Gasteiger partial charge in [0.25, 0.3) is 0 Å². The van der Waals surface area contributed by atoms with Crippen molar-refractivity contribution in [2.24, 2.45) is 0 Å². The molecule has 2 N–H and O–H groups in total. The van der Waals surface area contributed by atoms with Crippen LogP contribution in [0.4, 0.5) is 0 Å². The molecule has 1 amide bonds. The SMILES string of the molecule is O=C(Cc1ccc(-c2ccccc2)cc1)NCC(O)c1cccs1. The summed E-state index contributed by atoms with van der Waals surface area (Å²) in [6.07, 6.45) is -0.332. The van der Waals surface area contributed by atoms with Gasteiger partial charge in [-0.15, -0.1) is 11.3 Å². The average Bonchev–Trinajstić information content (AvgIpc) is 3.16. The van der Waals surface area contributed by atoms with Gasteiger partial charge in [-0.2, -0.15) is 0 Å². The maximum Gasteiger partial charge on any atom is 0.224 e. The number of rotatable bonds is 6. The summed E-state index contributed by atoms with van der Waals surface area (Å²) in [6, 6.07) is 21.9. The van der Waals surface area contributed by atoms with E-state index in [-0.39, 0.29) is 12.5 Å². The van der Waals surface area contributed by atoms with Crippen LogP contribution in [0.1, 0.15) is 16.5 Å². The maximum absolute atomic E-state index is 12.0. The van der Waals surface area contributed by atoms with Crippen LogP contribution in [0.25, 0.3) is 11.1 Å². The zero-order valence-electron chi connectivity index (χ0n) is 13.2. The van der Waals surface area contributed by atoms with Crippen molar-refractivity contribution >= 4 is 17.2 Å². The van der Waals surface area contributed by atoms with Crippen LogP contribution in [0.15, 0.2) is 72.1 Å². The van der Waals surface area contributed by atoms with E-state index in [4.69, 9.17) is 0 Å². The van der Waals surface area contributed by atoms with Crippen LogP contribution in [0.2, 0.25) is 0 Å². The van der Waals surface area contributed by atoms with E-state index in [0.29, 0.717) is 6.42 Å². The molecule has 2 aromatic carbocycles. The highest BCUT2D eigenvalue weighted by atomic mass is 32.1. The number of aliphatic hydroxyl groups is 1. The molecule has 0 saturated heterocycles. The second kappa shape index (κ2) is 7.90. The minimum Gasteiger partial charge on any atom is -0.386 e. The number of hydrogen-bond acceptors (Lipinski definition) is 3. The van der Waals surface area contributed by atoms with E-state index in [0.717, 1.165) is 21.6 Å². The van der Waals surface area contributed by atoms with E-state index in [9.17, 15) is 9.90 Å². The number of thiophene rings is 1. The average molecular weight is 337 g/mol. The predicted octanol–water partition coefficient (Wildman–Crippen LogP) is 3.81. The number of amides is 1. The first-order chi connectivity index (χ1) is 11.7. The summed E-state index contributed by atoms with van der Waals surface area (Å²) in [5.41, 5.74) is 3.25. The number of carbonyl (C=O) groups excluding carboxylic acids is 1. The van der Waals surface area contributed by atoms with Crippen molar-refractivity contribution < 1.29 is 9.90 Å². The molecule has 1 atom stereocenters. The largest absolute Gasteiger partial charge is 0.386 e. The van der Waals surface area contributed by atoms with Gasteiger partial charge in [0.1, 0.15) is 6.10 Å². The Morgan fingerprint density at radius 3 is 2.33 bits per heavy atom. The number of aliphatic hydroxyl groups excluding tert-OH is 1. The van der Waals surface area contributed by atoms with Crippen molar-refractivity contribution in [2.75, 3.05) is 6.54 Å². The van der Waals surface area contributed by atoms with Crippen molar-refractivity contribution in [1.82, 2.24) is 5.32 Å². The number of benzene rings is 2. The van der Waals surface area contributed by atoms with Crippen molar-refractivity contribution in [3.8, 4) is 11.1 Å². The Bertz CT molecular complexity index is 767. The Balaban J connectivity index is 1.53. The molecule has 0 aliphatic rings. The van der Waals surface area contributed by atoms with Gasteiger partial charge in [-0.05, 0) is 28.1 Å². The van der Waals surface area contributed by atoms with Crippen LogP contribution in [0, 0.1) is 0 Å². The maximum atomic E-state index is 12.0. The molecule has 4 heteroatoms. The lowest BCUT2D eigenvalue weighted by Gasteiger charge is -2.10. The van der Waals surface area contributed by atoms with Gasteiger partial charge in [0.2, 0.25) is 5.91 Å². The lowest BCUT2D eigenvalue weighted by molar-refractivity contribution is -0.120. The summed E-state index contributed by atoms with van der Waals surface area (Å²) in [4.78, 5) is 12.9. The molecule has 0 aliphatic heterocycles. The molecule has 122 valence electrons. The molecule has 0 radical (unpaired) electrons. The highest BCUT2D eigenvalue weighted by Gasteiger charge is 2.10. The molecule has 1 aromatic heterocycles. The fourth-order valence-electron chi connectivity index (χ4n) is 2.49. The number of hydrogen-bond donors (Lipinski definition) is 2. The third kappa shape index (κ3) is 4.31. The standard InChI is InChI=1S/C20H19NO2S/c22-18(19-7-4-12-24-19)14-21-20(23)13-15-8-10-17(11-9-15)16-5-2-1-3-6-16/h1-12,18,22H,13-14H2,(H,21,23). The number of nitrogens with one attached hydrogen (secondary N) is 1. The Hall–Kier alpha value is -2.43. The van der Waals surface area contributed by atoms with Crippen LogP contribution in [-0.4, -0.2) is 17.6 Å². The molecule has 0 bridgehead atoms. The van der Waals surface area contributed by atoms with Crippen LogP contribution in [0.5, 0.6) is 0 Å². The normalized spacial score (nSPS) is 11.9. The van der Waals surface area contributed by atoms with Crippen molar-refractivity contribution in [3.63, 3.8) is 0 Å². The molecule has 0 spiro atoms. The predicted molar refractivity (Wildman–Crippen MR) is 97.9 cm³/mol. The van der Waals surface area contributed by atoms with Gasteiger partial charge in [0, 0.05) is 11.4 Å². The Morgan fingerprint density at radius 1 is 0.958 bits per heavy atom. The molecular weight excluding hydrogens is 318 g/mol. The summed E-state index contributed by atoms with van der Waals surface area (Å²) in [7, 11) is 0. The van der Waals surface area contributed by atoms with Gasteiger partial charge in [0.05, 0.1) is 6.42 Å². The van der Waals surface area contributed by atoms with E-state index < -0.39 is 6.10 Å². The first-order valence-corrected chi connectivity index (χ1v) is 8.73. The summed E-state index contributed by atoms with van der Waals surface area (Å²) in [5.74, 6) is -0.0851. The van der Waals surface area contributed by atoms with Crippen molar-refractivity contribution in [1.29, 1.82) is 0 Å². The zero-order valence-corrected chi connectivity index (χ0v) is 14.0. The zero-order chi connectivity index (χ0) is 16.8. The molecule has 1 unspecified atom stereocenters. The molecular formula is C20H19NO2S. The molecule has 24 heavy (non-hydrogen) atoms. The fourth-order valence-corrected chi connectivity index (χ4v) is 3.20. The monoisotopic (exact) mass is 337 g/mol. The van der Waals surface area contributed by atoms with E-state index in [1.165, 1.54) is 11.3 Å². The van der Waals surface area contributed by atoms with E-state index in [2.05, 4.69) is 17.4 Å². The Morgan fingerprint density at radius 2 is 1.67 bits per heavy atom. The summed E-state index contributed by atoms with van der Waals surface area (Å²) in [6.45, 7) is 0.238. The molecule has 3 aromatic rings. The Labute approximate surface area is 145 Å². The molecule has 0 fully saturated rings. The third-order valence-corrected chi connectivity index (χ3v) is 4.76. The Kier molecular flexibility index (Phi) is 5.41. The van der Waals surface area contributed by atoms with Gasteiger partial charge in [0.15, 0.2) is 0 Å². The van der Waals surface area contributed by atoms with Crippen molar-refractivity contribution in [3.05, 3.63) is 82.6 Å². The lowest BCUT2D eigenvalue weighted by atomic mass is 10.0. The van der Waals surface area contributed by atoms with Crippen LogP contribution >= 0.6 is 11.3 Å². The van der Waals surface area contributed by atoms with Gasteiger partial charge >= 0.3 is 0 Å². The molecule has 3 rings (SSSR count). The molecule has 1 heterocycles. The highest BCUT2D eigenvalue weighted by Crippen LogP contribution is 2.20. The van der Waals surface area contributed by atoms with E-state index in [1.807, 2.05) is 60.0 Å². The first-order valence-electron chi connectivity index (χ1n) is 7.85. The smallest absolute Gasteiger partial charge is 0.224 e. The van der Waals surface area contributed by atoms with Crippen LogP contribution in [-0.2, 0) is 11.2 Å². The fraction of sp³-hybridized carbons (Fsp3) is 0.150. The van der Waals surface area contributed by atoms with E-state index >= 15 is 0 Å². The summed E-state index contributed by atoms with van der Waals surface area (Å²) < 4.78 is 0. The third-order valence-electron chi connectivity index (χ3n) is 3.79. The summed E-state index contributed by atoms with van der Waals surface area (Å²) >= 11 is 1.48. The second-order valence-electron chi connectivity index (χ2n) is 5.58. The van der Waals surface area contributed by atoms with Gasteiger partial charge in [-0.25, -0.2) is 0 Å². The van der Waals surface area contributed by atoms with Crippen molar-refractivity contribution in [2.45, 2.75) is 12.5 Å². The van der Waals surface area contributed by atoms with Crippen LogP contribution < -0.4 is 5.32 Å². The van der Waals surface area contributed by atoms with E-state index in [1.54, 1.807) is 0 Å². The quantitative estimate of drug-likeness (QED) is 0.719. The molecule has 3 nitrogen and oxygen atoms in total. The minimum absolute atomic E-state index is 0.0851.